The van der Waals surface area contributed by atoms with E-state index in [0.717, 1.165) is 28.5 Å². The number of hydrogen-bond donors (Lipinski definition) is 1. The lowest BCUT2D eigenvalue weighted by molar-refractivity contribution is -0.903. The van der Waals surface area contributed by atoms with Crippen LogP contribution < -0.4 is 5.73 Å². The molecule has 1 aliphatic carbocycles. The van der Waals surface area contributed by atoms with Gasteiger partial charge in [0.1, 0.15) is 0 Å². The van der Waals surface area contributed by atoms with E-state index in [1.165, 1.54) is 25.2 Å². The molecule has 1 saturated carbocycles. The number of benzene rings is 2. The van der Waals surface area contributed by atoms with Crippen molar-refractivity contribution in [3.05, 3.63) is 83.4 Å². The van der Waals surface area contributed by atoms with Gasteiger partial charge in [-0.2, -0.15) is 0 Å². The first-order valence-electron chi connectivity index (χ1n) is 11.2. The summed E-state index contributed by atoms with van der Waals surface area (Å²) in [5.74, 6) is 1.78. The van der Waals surface area contributed by atoms with Crippen LogP contribution in [-0.4, -0.2) is 37.1 Å². The Morgan fingerprint density at radius 3 is 1.93 bits per heavy atom. The fourth-order valence-corrected chi connectivity index (χ4v) is 5.90. The molecule has 0 radical (unpaired) electrons. The third-order valence-corrected chi connectivity index (χ3v) is 7.53. The van der Waals surface area contributed by atoms with E-state index >= 15 is 0 Å². The summed E-state index contributed by atoms with van der Waals surface area (Å²) in [7, 11) is 2.40. The van der Waals surface area contributed by atoms with E-state index in [1.807, 2.05) is 36.4 Å². The van der Waals surface area contributed by atoms with Crippen molar-refractivity contribution in [1.82, 2.24) is 0 Å². The van der Waals surface area contributed by atoms with Crippen molar-refractivity contribution in [3.63, 3.8) is 0 Å². The molecule has 1 amide bonds. The molecule has 2 atom stereocenters. The topological polar surface area (TPSA) is 43.1 Å². The van der Waals surface area contributed by atoms with Crippen LogP contribution in [0.1, 0.15) is 37.8 Å². The molecule has 0 spiro atoms. The number of piperidine rings is 1. The average Bonchev–Trinajstić information content (AvgIpc) is 3.19. The highest BCUT2D eigenvalue weighted by Gasteiger charge is 2.63. The van der Waals surface area contributed by atoms with Crippen LogP contribution in [0.25, 0.3) is 0 Å². The zero-order chi connectivity index (χ0) is 21.4. The molecule has 0 aromatic heterocycles. The van der Waals surface area contributed by atoms with Crippen LogP contribution in [0.2, 0.25) is 0 Å². The monoisotopic (exact) mass is 403 g/mol. The van der Waals surface area contributed by atoms with E-state index in [4.69, 9.17) is 5.73 Å². The van der Waals surface area contributed by atoms with Crippen molar-refractivity contribution in [1.29, 1.82) is 0 Å². The normalized spacial score (nSPS) is 27.4. The second kappa shape index (κ2) is 8.03. The van der Waals surface area contributed by atoms with E-state index in [-0.39, 0.29) is 5.91 Å². The van der Waals surface area contributed by atoms with Crippen LogP contribution in [0.15, 0.2) is 72.3 Å². The molecule has 2 aliphatic rings. The summed E-state index contributed by atoms with van der Waals surface area (Å²) in [6, 6.07) is 20.3. The second-order valence-corrected chi connectivity index (χ2v) is 9.98. The van der Waals surface area contributed by atoms with Crippen LogP contribution in [-0.2, 0) is 10.2 Å². The molecule has 4 rings (SSSR count). The molecular formula is C27H35N2O+. The van der Waals surface area contributed by atoms with Gasteiger partial charge in [-0.05, 0) is 37.3 Å². The van der Waals surface area contributed by atoms with E-state index in [9.17, 15) is 4.79 Å². The smallest absolute Gasteiger partial charge is 0.232 e. The molecule has 1 heterocycles. The van der Waals surface area contributed by atoms with Crippen molar-refractivity contribution in [2.75, 3.05) is 26.7 Å². The Balaban J connectivity index is 1.56. The standard InChI is InChI=1S/C27H34N2O/c1-20(2)11-10-16-29(3)18-24-23(25(24)19-29)17-27(26(28)30,21-12-6-4-7-13-21)22-14-8-5-9-15-22/h4-9,11-15,23-25H,10,16-19H2,1-3H3,(H-,28,30)/p+1. The summed E-state index contributed by atoms with van der Waals surface area (Å²) in [5.41, 5.74) is 8.86. The van der Waals surface area contributed by atoms with Gasteiger partial charge in [-0.1, -0.05) is 72.3 Å². The SMILES string of the molecule is CC(C)=CCC[N+]1(C)CC2C(CC(C(N)=O)(c3ccccc3)c3ccccc3)C2C1. The summed E-state index contributed by atoms with van der Waals surface area (Å²) in [6.45, 7) is 8.01. The Hall–Kier alpha value is -2.39. The predicted octanol–water partition coefficient (Wildman–Crippen LogP) is 4.53. The number of primary amides is 1. The molecule has 0 bridgehead atoms. The molecule has 2 aromatic rings. The van der Waals surface area contributed by atoms with Gasteiger partial charge in [-0.25, -0.2) is 0 Å². The number of carbonyl (C=O) groups is 1. The van der Waals surface area contributed by atoms with Gasteiger partial charge in [0.2, 0.25) is 5.91 Å². The Kier molecular flexibility index (Phi) is 5.59. The van der Waals surface area contributed by atoms with Crippen molar-refractivity contribution < 1.29 is 9.28 Å². The average molecular weight is 404 g/mol. The van der Waals surface area contributed by atoms with E-state index in [2.05, 4.69) is 51.2 Å². The van der Waals surface area contributed by atoms with E-state index < -0.39 is 5.41 Å². The quantitative estimate of drug-likeness (QED) is 0.511. The lowest BCUT2D eigenvalue weighted by atomic mass is 9.69. The van der Waals surface area contributed by atoms with Gasteiger partial charge >= 0.3 is 0 Å². The lowest BCUT2D eigenvalue weighted by Crippen LogP contribution is -2.46. The fraction of sp³-hybridized carbons (Fsp3) is 0.444. The molecule has 1 aliphatic heterocycles. The maximum absolute atomic E-state index is 13.0. The first kappa shape index (κ1) is 20.9. The highest BCUT2D eigenvalue weighted by atomic mass is 16.1. The minimum absolute atomic E-state index is 0.231. The highest BCUT2D eigenvalue weighted by Crippen LogP contribution is 2.59. The minimum atomic E-state index is -0.747. The van der Waals surface area contributed by atoms with Crippen LogP contribution in [0, 0.1) is 17.8 Å². The fourth-order valence-electron chi connectivity index (χ4n) is 5.90. The van der Waals surface area contributed by atoms with Gasteiger partial charge in [0.15, 0.2) is 0 Å². The summed E-state index contributed by atoms with van der Waals surface area (Å²) in [5, 5.41) is 0. The molecule has 3 heteroatoms. The zero-order valence-electron chi connectivity index (χ0n) is 18.6. The number of amides is 1. The molecule has 158 valence electrons. The largest absolute Gasteiger partial charge is 0.369 e. The first-order chi connectivity index (χ1) is 14.4. The number of hydrogen-bond acceptors (Lipinski definition) is 1. The van der Waals surface area contributed by atoms with Crippen LogP contribution >= 0.6 is 0 Å². The molecule has 1 saturated heterocycles. The third kappa shape index (κ3) is 3.83. The Bertz CT molecular complexity index is 863. The van der Waals surface area contributed by atoms with Gasteiger partial charge < -0.3 is 10.2 Å². The number of nitrogens with zero attached hydrogens (tertiary/aromatic N) is 1. The maximum atomic E-state index is 13.0. The van der Waals surface area contributed by atoms with Crippen molar-refractivity contribution in [3.8, 4) is 0 Å². The Morgan fingerprint density at radius 1 is 1.00 bits per heavy atom. The van der Waals surface area contributed by atoms with Gasteiger partial charge in [-0.15, -0.1) is 0 Å². The number of quaternary nitrogens is 1. The van der Waals surface area contributed by atoms with Crippen LogP contribution in [0.5, 0.6) is 0 Å². The molecule has 3 nitrogen and oxygen atoms in total. The van der Waals surface area contributed by atoms with Gasteiger partial charge in [-0.3, -0.25) is 4.79 Å². The van der Waals surface area contributed by atoms with E-state index in [1.54, 1.807) is 0 Å². The predicted molar refractivity (Wildman–Crippen MR) is 123 cm³/mol. The number of allylic oxidation sites excluding steroid dienone is 1. The highest BCUT2D eigenvalue weighted by molar-refractivity contribution is 5.91. The van der Waals surface area contributed by atoms with Crippen LogP contribution in [0.3, 0.4) is 0 Å². The summed E-state index contributed by atoms with van der Waals surface area (Å²) >= 11 is 0. The summed E-state index contributed by atoms with van der Waals surface area (Å²) < 4.78 is 1.16. The lowest BCUT2D eigenvalue weighted by Gasteiger charge is -2.35. The first-order valence-corrected chi connectivity index (χ1v) is 11.2. The molecule has 2 fully saturated rings. The van der Waals surface area contributed by atoms with Gasteiger partial charge in [0.25, 0.3) is 0 Å². The molecular weight excluding hydrogens is 368 g/mol. The number of likely N-dealkylation sites (tertiary alicyclic amines) is 1. The van der Waals surface area contributed by atoms with Crippen molar-refractivity contribution in [2.45, 2.75) is 32.1 Å². The van der Waals surface area contributed by atoms with E-state index in [0.29, 0.717) is 17.8 Å². The number of carbonyl (C=O) groups excluding carboxylic acids is 1. The number of nitrogens with two attached hydrogens (primary N) is 1. The minimum Gasteiger partial charge on any atom is -0.369 e. The van der Waals surface area contributed by atoms with Crippen LogP contribution in [0.4, 0.5) is 0 Å². The maximum Gasteiger partial charge on any atom is 0.232 e. The molecule has 2 aromatic carbocycles. The molecule has 2 unspecified atom stereocenters. The molecule has 2 N–H and O–H groups in total. The Labute approximate surface area is 181 Å². The van der Waals surface area contributed by atoms with Crippen molar-refractivity contribution >= 4 is 5.91 Å². The van der Waals surface area contributed by atoms with Gasteiger partial charge in [0.05, 0.1) is 32.1 Å². The van der Waals surface area contributed by atoms with Crippen molar-refractivity contribution in [2.24, 2.45) is 23.5 Å². The second-order valence-electron chi connectivity index (χ2n) is 9.98. The number of rotatable bonds is 8. The number of fused-ring (bicyclic) bond motifs is 1. The zero-order valence-corrected chi connectivity index (χ0v) is 18.6. The van der Waals surface area contributed by atoms with Gasteiger partial charge in [0, 0.05) is 18.3 Å². The summed E-state index contributed by atoms with van der Waals surface area (Å²) in [6.07, 6.45) is 4.33. The summed E-state index contributed by atoms with van der Waals surface area (Å²) in [4.78, 5) is 13.0. The molecule has 30 heavy (non-hydrogen) atoms. The third-order valence-electron chi connectivity index (χ3n) is 7.53. The Morgan fingerprint density at radius 2 is 1.50 bits per heavy atom.